The molecular weight excluding hydrogens is 633 g/mol. The lowest BCUT2D eigenvalue weighted by molar-refractivity contribution is 1.31. The molecule has 0 unspecified atom stereocenters. The molecule has 9 rings (SSSR count). The number of nitrogens with one attached hydrogen (secondary N) is 2. The van der Waals surface area contributed by atoms with Gasteiger partial charge in [0.05, 0.1) is 22.8 Å². The van der Waals surface area contributed by atoms with Gasteiger partial charge in [0.1, 0.15) is 0 Å². The molecule has 0 aliphatic carbocycles. The second-order valence-corrected chi connectivity index (χ2v) is 12.7. The number of H-pyrrole nitrogens is 2. The van der Waals surface area contributed by atoms with Crippen molar-refractivity contribution in [3.8, 4) is 69.2 Å². The number of rotatable bonds is 4. The Labute approximate surface area is 301 Å². The maximum atomic E-state index is 5.74. The third-order valence-corrected chi connectivity index (χ3v) is 9.56. The Bertz CT molecular complexity index is 2620. The van der Waals surface area contributed by atoms with Gasteiger partial charge >= 0.3 is 0 Å². The van der Waals surface area contributed by atoms with Gasteiger partial charge in [0.2, 0.25) is 0 Å². The summed E-state index contributed by atoms with van der Waals surface area (Å²) in [5, 5.41) is 0. The van der Waals surface area contributed by atoms with Gasteiger partial charge in [-0.05, 0) is 95.1 Å². The first-order chi connectivity index (χ1) is 25.7. The summed E-state index contributed by atoms with van der Waals surface area (Å²) >= 11 is 0. The maximum absolute atomic E-state index is 5.74. The SMILES string of the molecule is C#Cc1ccc(-c2c3nc(c(-c4ccccc4)c4ccc([nH]4)c(-c4ccc(C#C)cc4)c4nc(c(-c5ccccc5)c5ccc2[nH]5)C=C4)C=C3)cc1. The van der Waals surface area contributed by atoms with Crippen LogP contribution in [-0.2, 0) is 0 Å². The highest BCUT2D eigenvalue weighted by atomic mass is 14.8. The maximum Gasteiger partial charge on any atom is 0.0737 e. The number of terminal acetylenes is 2. The number of aromatic nitrogens is 4. The summed E-state index contributed by atoms with van der Waals surface area (Å²) in [5.41, 5.74) is 16.9. The number of hydrogen-bond donors (Lipinski definition) is 2. The van der Waals surface area contributed by atoms with Crippen LogP contribution in [0.1, 0.15) is 33.9 Å². The fourth-order valence-electron chi connectivity index (χ4n) is 7.10. The normalized spacial score (nSPS) is 11.7. The zero-order valence-corrected chi connectivity index (χ0v) is 28.1. The fourth-order valence-corrected chi connectivity index (χ4v) is 7.10. The van der Waals surface area contributed by atoms with Crippen LogP contribution < -0.4 is 0 Å². The van der Waals surface area contributed by atoms with E-state index in [2.05, 4.69) is 143 Å². The highest BCUT2D eigenvalue weighted by Crippen LogP contribution is 2.38. The molecular formula is C48H30N4. The summed E-state index contributed by atoms with van der Waals surface area (Å²) < 4.78 is 0. The van der Waals surface area contributed by atoms with Gasteiger partial charge in [-0.3, -0.25) is 0 Å². The van der Waals surface area contributed by atoms with Crippen LogP contribution in [-0.4, -0.2) is 19.9 Å². The summed E-state index contributed by atoms with van der Waals surface area (Å²) in [6.45, 7) is 0. The Kier molecular flexibility index (Phi) is 7.55. The second kappa shape index (κ2) is 12.8. The van der Waals surface area contributed by atoms with Crippen molar-refractivity contribution >= 4 is 46.4 Å². The molecule has 0 saturated heterocycles. The zero-order valence-electron chi connectivity index (χ0n) is 28.1. The van der Waals surface area contributed by atoms with Crippen molar-refractivity contribution in [1.29, 1.82) is 0 Å². The average molecular weight is 663 g/mol. The smallest absolute Gasteiger partial charge is 0.0737 e. The third kappa shape index (κ3) is 5.42. The Morgan fingerprint density at radius 3 is 0.923 bits per heavy atom. The fraction of sp³-hybridized carbons (Fsp3) is 0. The predicted molar refractivity (Wildman–Crippen MR) is 216 cm³/mol. The van der Waals surface area contributed by atoms with Gasteiger partial charge in [0.25, 0.3) is 0 Å². The molecule has 4 aromatic carbocycles. The quantitative estimate of drug-likeness (QED) is 0.184. The van der Waals surface area contributed by atoms with E-state index < -0.39 is 0 Å². The molecule has 52 heavy (non-hydrogen) atoms. The Hall–Kier alpha value is -7.40. The monoisotopic (exact) mass is 662 g/mol. The number of benzene rings is 4. The van der Waals surface area contributed by atoms with Crippen molar-refractivity contribution in [3.05, 3.63) is 167 Å². The molecule has 2 aliphatic rings. The van der Waals surface area contributed by atoms with Gasteiger partial charge in [-0.25, -0.2) is 9.97 Å². The molecule has 0 radical (unpaired) electrons. The number of fused-ring (bicyclic) bond motifs is 8. The number of nitrogens with zero attached hydrogens (tertiary/aromatic N) is 2. The van der Waals surface area contributed by atoms with Gasteiger partial charge in [0.15, 0.2) is 0 Å². The van der Waals surface area contributed by atoms with E-state index in [0.717, 1.165) is 100 Å². The van der Waals surface area contributed by atoms with Gasteiger partial charge in [-0.2, -0.15) is 0 Å². The summed E-state index contributed by atoms with van der Waals surface area (Å²) in [6.07, 6.45) is 19.9. The Morgan fingerprint density at radius 1 is 0.346 bits per heavy atom. The summed E-state index contributed by atoms with van der Waals surface area (Å²) in [4.78, 5) is 18.3. The van der Waals surface area contributed by atoms with Crippen molar-refractivity contribution in [3.63, 3.8) is 0 Å². The Balaban J connectivity index is 1.46. The van der Waals surface area contributed by atoms with Crippen molar-refractivity contribution in [2.24, 2.45) is 0 Å². The lowest BCUT2D eigenvalue weighted by atomic mass is 10.0. The predicted octanol–water partition coefficient (Wildman–Crippen LogP) is 11.3. The lowest BCUT2D eigenvalue weighted by Crippen LogP contribution is -1.90. The van der Waals surface area contributed by atoms with Crippen LogP contribution in [0.25, 0.3) is 90.9 Å². The van der Waals surface area contributed by atoms with Crippen LogP contribution in [0.5, 0.6) is 0 Å². The van der Waals surface area contributed by atoms with E-state index in [1.807, 2.05) is 36.4 Å². The molecule has 0 saturated carbocycles. The minimum Gasteiger partial charge on any atom is -0.354 e. The molecule has 4 nitrogen and oxygen atoms in total. The van der Waals surface area contributed by atoms with Crippen molar-refractivity contribution < 1.29 is 0 Å². The largest absolute Gasteiger partial charge is 0.354 e. The van der Waals surface area contributed by atoms with E-state index in [-0.39, 0.29) is 0 Å². The highest BCUT2D eigenvalue weighted by Gasteiger charge is 2.18. The molecule has 0 amide bonds. The van der Waals surface area contributed by atoms with Gasteiger partial charge < -0.3 is 9.97 Å². The van der Waals surface area contributed by atoms with Crippen molar-refractivity contribution in [2.45, 2.75) is 0 Å². The number of aromatic amines is 2. The molecule has 242 valence electrons. The van der Waals surface area contributed by atoms with Crippen LogP contribution in [0.15, 0.2) is 133 Å². The van der Waals surface area contributed by atoms with E-state index in [1.54, 1.807) is 0 Å². The van der Waals surface area contributed by atoms with E-state index in [4.69, 9.17) is 22.8 Å². The molecule has 4 heteroatoms. The first-order valence-electron chi connectivity index (χ1n) is 17.1. The van der Waals surface area contributed by atoms with Crippen LogP contribution in [0.2, 0.25) is 0 Å². The lowest BCUT2D eigenvalue weighted by Gasteiger charge is -2.07. The van der Waals surface area contributed by atoms with Gasteiger partial charge in [-0.15, -0.1) is 12.8 Å². The van der Waals surface area contributed by atoms with Crippen LogP contribution in [0.3, 0.4) is 0 Å². The molecule has 0 atom stereocenters. The topological polar surface area (TPSA) is 57.4 Å². The molecule has 0 spiro atoms. The van der Waals surface area contributed by atoms with Gasteiger partial charge in [0, 0.05) is 55.4 Å². The molecule has 3 aromatic heterocycles. The van der Waals surface area contributed by atoms with E-state index in [0.29, 0.717) is 0 Å². The Morgan fingerprint density at radius 2 is 0.635 bits per heavy atom. The zero-order chi connectivity index (χ0) is 35.0. The van der Waals surface area contributed by atoms with Crippen LogP contribution >= 0.6 is 0 Å². The first-order valence-corrected chi connectivity index (χ1v) is 17.1. The molecule has 7 aromatic rings. The number of hydrogen-bond acceptors (Lipinski definition) is 2. The van der Waals surface area contributed by atoms with Crippen molar-refractivity contribution in [2.75, 3.05) is 0 Å². The summed E-state index contributed by atoms with van der Waals surface area (Å²) in [5.74, 6) is 5.49. The first kappa shape index (κ1) is 30.6. The van der Waals surface area contributed by atoms with Gasteiger partial charge in [-0.1, -0.05) is 96.8 Å². The van der Waals surface area contributed by atoms with E-state index >= 15 is 0 Å². The molecule has 2 aliphatic heterocycles. The molecule has 2 N–H and O–H groups in total. The van der Waals surface area contributed by atoms with Crippen molar-refractivity contribution in [1.82, 2.24) is 19.9 Å². The average Bonchev–Trinajstić information content (AvgIpc) is 4.04. The van der Waals surface area contributed by atoms with Crippen LogP contribution in [0.4, 0.5) is 0 Å². The minimum atomic E-state index is 0.823. The highest BCUT2D eigenvalue weighted by molar-refractivity contribution is 5.99. The molecule has 0 fully saturated rings. The standard InChI is InChI=1S/C48H30N4/c1-3-31-15-19-35(20-16-31)47-41-27-23-37(49-41)45(33-11-7-5-8-12-33)39-25-29-43(51-39)48(36-21-17-32(4-2)18-22-36)44-30-26-40(52-44)46(34-13-9-6-10-14-34)38-24-28-42(47)50-38/h1-2,5-30,49,52H. The summed E-state index contributed by atoms with van der Waals surface area (Å²) in [6, 6.07) is 45.5. The van der Waals surface area contributed by atoms with E-state index in [9.17, 15) is 0 Å². The van der Waals surface area contributed by atoms with E-state index in [1.165, 1.54) is 0 Å². The minimum absolute atomic E-state index is 0.823. The molecule has 8 bridgehead atoms. The third-order valence-electron chi connectivity index (χ3n) is 9.56. The van der Waals surface area contributed by atoms with Crippen LogP contribution in [0, 0.1) is 24.7 Å². The summed E-state index contributed by atoms with van der Waals surface area (Å²) in [7, 11) is 0. The second-order valence-electron chi connectivity index (χ2n) is 12.7. The molecule has 5 heterocycles.